The first kappa shape index (κ1) is 14.2. The van der Waals surface area contributed by atoms with Gasteiger partial charge in [-0.2, -0.15) is 0 Å². The second kappa shape index (κ2) is 6.76. The third-order valence-corrected chi connectivity index (χ3v) is 2.64. The molecule has 18 heavy (non-hydrogen) atoms. The van der Waals surface area contributed by atoms with E-state index in [0.717, 1.165) is 5.56 Å². The summed E-state index contributed by atoms with van der Waals surface area (Å²) >= 11 is 0. The van der Waals surface area contributed by atoms with Gasteiger partial charge in [-0.3, -0.25) is 9.59 Å². The highest BCUT2D eigenvalue weighted by molar-refractivity contribution is 5.99. The molecule has 0 atom stereocenters. The minimum Gasteiger partial charge on any atom is -0.396 e. The summed E-state index contributed by atoms with van der Waals surface area (Å²) in [7, 11) is 1.56. The molecule has 0 spiro atoms. The van der Waals surface area contributed by atoms with E-state index >= 15 is 0 Å². The number of aliphatic hydroxyl groups is 1. The molecule has 0 fully saturated rings. The monoisotopic (exact) mass is 250 g/mol. The Kier molecular flexibility index (Phi) is 5.32. The number of benzene rings is 1. The molecule has 1 aromatic carbocycles. The maximum absolute atomic E-state index is 11.6. The van der Waals surface area contributed by atoms with Crippen molar-refractivity contribution < 1.29 is 14.7 Å². The van der Waals surface area contributed by atoms with Crippen molar-refractivity contribution in [2.45, 2.75) is 19.8 Å². The molecule has 0 aliphatic heterocycles. The highest BCUT2D eigenvalue weighted by Crippen LogP contribution is 2.19. The van der Waals surface area contributed by atoms with Gasteiger partial charge in [-0.15, -0.1) is 0 Å². The van der Waals surface area contributed by atoms with E-state index in [1.165, 1.54) is 0 Å². The van der Waals surface area contributed by atoms with Gasteiger partial charge < -0.3 is 15.7 Å². The van der Waals surface area contributed by atoms with Crippen LogP contribution in [0.25, 0.3) is 0 Å². The quantitative estimate of drug-likeness (QED) is 0.731. The number of anilines is 1. The lowest BCUT2D eigenvalue weighted by Gasteiger charge is -2.11. The number of carbonyl (C=O) groups excluding carboxylic acids is 2. The number of nitrogens with one attached hydrogen (secondary N) is 2. The minimum atomic E-state index is -0.182. The number of amides is 2. The standard InChI is InChI=1S/C13H18N2O3/c1-9-10(13(18)14-2)5-3-6-11(9)15-12(17)7-4-8-16/h3,5-6,16H,4,7-8H2,1-2H3,(H,14,18)(H,15,17). The molecule has 0 aliphatic carbocycles. The number of hydrogen-bond acceptors (Lipinski definition) is 3. The summed E-state index contributed by atoms with van der Waals surface area (Å²) in [5, 5.41) is 13.9. The second-order valence-corrected chi connectivity index (χ2v) is 3.93. The minimum absolute atomic E-state index is 0.00924. The van der Waals surface area contributed by atoms with Crippen molar-refractivity contribution in [2.75, 3.05) is 19.0 Å². The molecule has 0 aliphatic rings. The van der Waals surface area contributed by atoms with Gasteiger partial charge in [-0.1, -0.05) is 6.07 Å². The highest BCUT2D eigenvalue weighted by atomic mass is 16.3. The second-order valence-electron chi connectivity index (χ2n) is 3.93. The Hall–Kier alpha value is -1.88. The molecule has 5 heteroatoms. The lowest BCUT2D eigenvalue weighted by Crippen LogP contribution is -2.20. The SMILES string of the molecule is CNC(=O)c1cccc(NC(=O)CCCO)c1C. The van der Waals surface area contributed by atoms with Gasteiger partial charge in [0, 0.05) is 31.3 Å². The molecular weight excluding hydrogens is 232 g/mol. The van der Waals surface area contributed by atoms with Crippen LogP contribution < -0.4 is 10.6 Å². The first-order valence-corrected chi connectivity index (χ1v) is 5.82. The predicted octanol–water partition coefficient (Wildman–Crippen LogP) is 1.07. The molecule has 0 radical (unpaired) electrons. The van der Waals surface area contributed by atoms with Crippen molar-refractivity contribution in [2.24, 2.45) is 0 Å². The summed E-state index contributed by atoms with van der Waals surface area (Å²) in [4.78, 5) is 23.1. The molecule has 0 saturated heterocycles. The fraction of sp³-hybridized carbons (Fsp3) is 0.385. The Morgan fingerprint density at radius 2 is 2.06 bits per heavy atom. The third kappa shape index (κ3) is 3.56. The zero-order valence-electron chi connectivity index (χ0n) is 10.6. The van der Waals surface area contributed by atoms with Crippen molar-refractivity contribution in [3.05, 3.63) is 29.3 Å². The smallest absolute Gasteiger partial charge is 0.251 e. The van der Waals surface area contributed by atoms with Crippen LogP contribution in [0.5, 0.6) is 0 Å². The molecule has 0 saturated carbocycles. The maximum Gasteiger partial charge on any atom is 0.251 e. The van der Waals surface area contributed by atoms with E-state index < -0.39 is 0 Å². The van der Waals surface area contributed by atoms with Gasteiger partial charge in [0.2, 0.25) is 5.91 Å². The molecule has 0 unspecified atom stereocenters. The van der Waals surface area contributed by atoms with E-state index in [1.807, 2.05) is 0 Å². The van der Waals surface area contributed by atoms with Crippen molar-refractivity contribution in [3.63, 3.8) is 0 Å². The average Bonchev–Trinajstić information content (AvgIpc) is 2.38. The van der Waals surface area contributed by atoms with Crippen LogP contribution >= 0.6 is 0 Å². The topological polar surface area (TPSA) is 78.4 Å². The predicted molar refractivity (Wildman–Crippen MR) is 69.5 cm³/mol. The van der Waals surface area contributed by atoms with Crippen molar-refractivity contribution in [3.8, 4) is 0 Å². The van der Waals surface area contributed by atoms with Crippen molar-refractivity contribution >= 4 is 17.5 Å². The lowest BCUT2D eigenvalue weighted by molar-refractivity contribution is -0.116. The molecule has 0 aromatic heterocycles. The number of rotatable bonds is 5. The summed E-state index contributed by atoms with van der Waals surface area (Å²) in [5.74, 6) is -0.347. The van der Waals surface area contributed by atoms with Gasteiger partial charge in [-0.25, -0.2) is 0 Å². The molecular formula is C13H18N2O3. The zero-order valence-corrected chi connectivity index (χ0v) is 10.6. The summed E-state index contributed by atoms with van der Waals surface area (Å²) in [6.07, 6.45) is 0.695. The van der Waals surface area contributed by atoms with Gasteiger partial charge in [0.15, 0.2) is 0 Å². The summed E-state index contributed by atoms with van der Waals surface area (Å²) in [6.45, 7) is 1.77. The fourth-order valence-corrected chi connectivity index (χ4v) is 1.60. The molecule has 98 valence electrons. The van der Waals surface area contributed by atoms with Crippen LogP contribution in [-0.4, -0.2) is 30.6 Å². The largest absolute Gasteiger partial charge is 0.396 e. The van der Waals surface area contributed by atoms with Crippen LogP contribution in [0.3, 0.4) is 0 Å². The van der Waals surface area contributed by atoms with Gasteiger partial charge in [0.05, 0.1) is 0 Å². The van der Waals surface area contributed by atoms with Gasteiger partial charge in [-0.05, 0) is 31.0 Å². The maximum atomic E-state index is 11.6. The normalized spacial score (nSPS) is 9.94. The Morgan fingerprint density at radius 1 is 1.33 bits per heavy atom. The molecule has 0 bridgehead atoms. The van der Waals surface area contributed by atoms with Gasteiger partial charge in [0.25, 0.3) is 5.91 Å². The average molecular weight is 250 g/mol. The van der Waals surface area contributed by atoms with Crippen LogP contribution in [-0.2, 0) is 4.79 Å². The summed E-state index contributed by atoms with van der Waals surface area (Å²) in [6, 6.07) is 5.18. The van der Waals surface area contributed by atoms with E-state index in [-0.39, 0.29) is 24.8 Å². The zero-order chi connectivity index (χ0) is 13.5. The first-order valence-electron chi connectivity index (χ1n) is 5.82. The summed E-state index contributed by atoms with van der Waals surface area (Å²) < 4.78 is 0. The molecule has 5 nitrogen and oxygen atoms in total. The molecule has 1 aromatic rings. The van der Waals surface area contributed by atoms with E-state index in [2.05, 4.69) is 10.6 Å². The van der Waals surface area contributed by atoms with Crippen molar-refractivity contribution in [1.29, 1.82) is 0 Å². The number of carbonyl (C=O) groups is 2. The number of hydrogen-bond donors (Lipinski definition) is 3. The van der Waals surface area contributed by atoms with Crippen molar-refractivity contribution in [1.82, 2.24) is 5.32 Å². The van der Waals surface area contributed by atoms with Crippen LogP contribution in [0.4, 0.5) is 5.69 Å². The Bertz CT molecular complexity index is 444. The van der Waals surface area contributed by atoms with E-state index in [0.29, 0.717) is 17.7 Å². The van der Waals surface area contributed by atoms with E-state index in [1.54, 1.807) is 32.2 Å². The highest BCUT2D eigenvalue weighted by Gasteiger charge is 2.11. The fourth-order valence-electron chi connectivity index (χ4n) is 1.60. The molecule has 1 rings (SSSR count). The van der Waals surface area contributed by atoms with E-state index in [4.69, 9.17) is 5.11 Å². The van der Waals surface area contributed by atoms with E-state index in [9.17, 15) is 9.59 Å². The molecule has 3 N–H and O–H groups in total. The molecule has 2 amide bonds. The third-order valence-electron chi connectivity index (χ3n) is 2.64. The summed E-state index contributed by atoms with van der Waals surface area (Å²) in [5.41, 5.74) is 1.89. The van der Waals surface area contributed by atoms with Crippen LogP contribution in [0, 0.1) is 6.92 Å². The Balaban J connectivity index is 2.84. The first-order chi connectivity index (χ1) is 8.60. The number of aliphatic hydroxyl groups excluding tert-OH is 1. The van der Waals surface area contributed by atoms with Crippen LogP contribution in [0.2, 0.25) is 0 Å². The van der Waals surface area contributed by atoms with Gasteiger partial charge >= 0.3 is 0 Å². The lowest BCUT2D eigenvalue weighted by atomic mass is 10.1. The van der Waals surface area contributed by atoms with Crippen LogP contribution in [0.15, 0.2) is 18.2 Å². The molecule has 0 heterocycles. The Morgan fingerprint density at radius 3 is 2.67 bits per heavy atom. The Labute approximate surface area is 106 Å². The van der Waals surface area contributed by atoms with Crippen LogP contribution in [0.1, 0.15) is 28.8 Å². The van der Waals surface area contributed by atoms with Gasteiger partial charge in [0.1, 0.15) is 0 Å².